The monoisotopic (exact) mass is 552 g/mol. The van der Waals surface area contributed by atoms with Gasteiger partial charge in [-0.15, -0.1) is 0 Å². The quantitative estimate of drug-likeness (QED) is 0.241. The molecule has 0 fully saturated rings. The molecule has 3 aromatic carbocycles. The third-order valence-electron chi connectivity index (χ3n) is 5.19. The van der Waals surface area contributed by atoms with E-state index in [0.29, 0.717) is 11.3 Å². The van der Waals surface area contributed by atoms with Crippen LogP contribution in [0.2, 0.25) is 10.0 Å². The number of methoxy groups -OCH3 is 1. The molecule has 0 bridgehead atoms. The largest absolute Gasteiger partial charge is 0.493 e. The Hall–Kier alpha value is -3.47. The number of aliphatic carboxylic acids is 1. The normalized spacial score (nSPS) is 11.5. The number of fused-ring (bicyclic) bond motifs is 1. The number of anilines is 1. The third kappa shape index (κ3) is 5.20. The molecule has 0 aliphatic rings. The van der Waals surface area contributed by atoms with Crippen molar-refractivity contribution in [2.75, 3.05) is 11.8 Å². The van der Waals surface area contributed by atoms with Crippen LogP contribution in [0.5, 0.6) is 17.2 Å². The Labute approximate surface area is 215 Å². The molecule has 0 saturated carbocycles. The van der Waals surface area contributed by atoms with Crippen LogP contribution in [0.15, 0.2) is 53.4 Å². The highest BCUT2D eigenvalue weighted by Crippen LogP contribution is 2.42. The minimum absolute atomic E-state index is 0.0431. The van der Waals surface area contributed by atoms with Crippen LogP contribution in [0.25, 0.3) is 10.9 Å². The van der Waals surface area contributed by atoms with Crippen LogP contribution < -0.4 is 14.2 Å². The Morgan fingerprint density at radius 3 is 2.50 bits per heavy atom. The molecule has 0 atom stereocenters. The van der Waals surface area contributed by atoms with Crippen molar-refractivity contribution in [2.24, 2.45) is 0 Å². The average Bonchev–Trinajstić information content (AvgIpc) is 3.19. The minimum atomic E-state index is -4.26. The fourth-order valence-corrected chi connectivity index (χ4v) is 5.50. The number of hydrogen-bond donors (Lipinski definition) is 3. The highest BCUT2D eigenvalue weighted by Gasteiger charge is 2.25. The first-order valence-corrected chi connectivity index (χ1v) is 12.6. The number of rotatable bonds is 8. The van der Waals surface area contributed by atoms with E-state index in [-0.39, 0.29) is 55.2 Å². The maximum absolute atomic E-state index is 15.0. The molecule has 4 aromatic rings. The highest BCUT2D eigenvalue weighted by molar-refractivity contribution is 7.92. The van der Waals surface area contributed by atoms with Crippen LogP contribution >= 0.6 is 23.2 Å². The Bertz CT molecular complexity index is 1600. The first-order valence-electron chi connectivity index (χ1n) is 10.3. The molecular formula is C24H19Cl2FN2O6S. The number of nitrogens with one attached hydrogen (secondary N) is 2. The lowest BCUT2D eigenvalue weighted by Crippen LogP contribution is -2.14. The van der Waals surface area contributed by atoms with Gasteiger partial charge in [-0.05, 0) is 48.9 Å². The van der Waals surface area contributed by atoms with Crippen molar-refractivity contribution in [2.45, 2.75) is 18.2 Å². The SMILES string of the molecule is COc1cc(CC(=O)O)ccc1Oc1cc(F)c2[nH]c(C)cc2c1NS(=O)(=O)c1ccc(Cl)cc1Cl. The summed E-state index contributed by atoms with van der Waals surface area (Å²) in [6.45, 7) is 1.69. The first-order chi connectivity index (χ1) is 17.0. The number of H-pyrrole nitrogens is 1. The highest BCUT2D eigenvalue weighted by atomic mass is 35.5. The minimum Gasteiger partial charge on any atom is -0.493 e. The average molecular weight is 553 g/mol. The number of aromatic nitrogens is 1. The lowest BCUT2D eigenvalue weighted by atomic mass is 10.1. The van der Waals surface area contributed by atoms with Crippen molar-refractivity contribution in [1.82, 2.24) is 4.98 Å². The molecule has 188 valence electrons. The Balaban J connectivity index is 1.84. The summed E-state index contributed by atoms with van der Waals surface area (Å²) in [5.41, 5.74) is 1.07. The number of carboxylic acid groups (broad SMARTS) is 1. The smallest absolute Gasteiger partial charge is 0.307 e. The van der Waals surface area contributed by atoms with Gasteiger partial charge in [0, 0.05) is 22.2 Å². The molecule has 0 spiro atoms. The summed E-state index contributed by atoms with van der Waals surface area (Å²) in [4.78, 5) is 13.7. The van der Waals surface area contributed by atoms with Gasteiger partial charge in [0.25, 0.3) is 10.0 Å². The molecule has 1 aromatic heterocycles. The summed E-state index contributed by atoms with van der Waals surface area (Å²) in [7, 11) is -2.90. The van der Waals surface area contributed by atoms with Crippen molar-refractivity contribution in [1.29, 1.82) is 0 Å². The lowest BCUT2D eigenvalue weighted by Gasteiger charge is -2.17. The molecule has 0 radical (unpaired) electrons. The van der Waals surface area contributed by atoms with Crippen molar-refractivity contribution in [3.8, 4) is 17.2 Å². The summed E-state index contributed by atoms with van der Waals surface area (Å²) < 4.78 is 55.2. The number of carboxylic acids is 1. The van der Waals surface area contributed by atoms with Gasteiger partial charge in [-0.25, -0.2) is 12.8 Å². The number of hydrogen-bond acceptors (Lipinski definition) is 5. The van der Waals surface area contributed by atoms with Crippen molar-refractivity contribution >= 4 is 55.8 Å². The van der Waals surface area contributed by atoms with Crippen molar-refractivity contribution < 1.29 is 32.2 Å². The lowest BCUT2D eigenvalue weighted by molar-refractivity contribution is -0.136. The van der Waals surface area contributed by atoms with Crippen LogP contribution in [0.3, 0.4) is 0 Å². The van der Waals surface area contributed by atoms with Crippen molar-refractivity contribution in [3.63, 3.8) is 0 Å². The molecule has 4 rings (SSSR count). The summed E-state index contributed by atoms with van der Waals surface area (Å²) in [6, 6.07) is 11.0. The number of aromatic amines is 1. The van der Waals surface area contributed by atoms with Gasteiger partial charge < -0.3 is 19.6 Å². The Kier molecular flexibility index (Phi) is 7.03. The third-order valence-corrected chi connectivity index (χ3v) is 7.26. The van der Waals surface area contributed by atoms with Crippen LogP contribution in [0.1, 0.15) is 11.3 Å². The molecular weight excluding hydrogens is 534 g/mol. The topological polar surface area (TPSA) is 118 Å². The van der Waals surface area contributed by atoms with Gasteiger partial charge >= 0.3 is 5.97 Å². The summed E-state index contributed by atoms with van der Waals surface area (Å²) in [6.07, 6.45) is -0.243. The second-order valence-corrected chi connectivity index (χ2v) is 10.3. The van der Waals surface area contributed by atoms with Gasteiger partial charge in [-0.1, -0.05) is 29.3 Å². The number of sulfonamides is 1. The molecule has 12 heteroatoms. The second kappa shape index (κ2) is 9.88. The van der Waals surface area contributed by atoms with Gasteiger partial charge in [0.15, 0.2) is 23.1 Å². The zero-order valence-electron chi connectivity index (χ0n) is 18.9. The molecule has 1 heterocycles. The van der Waals surface area contributed by atoms with Gasteiger partial charge in [0.05, 0.1) is 24.1 Å². The summed E-state index contributed by atoms with van der Waals surface area (Å²) >= 11 is 12.0. The van der Waals surface area contributed by atoms with Gasteiger partial charge in [-0.3, -0.25) is 9.52 Å². The molecule has 0 amide bonds. The molecule has 0 aliphatic heterocycles. The van der Waals surface area contributed by atoms with Gasteiger partial charge in [0.1, 0.15) is 10.6 Å². The molecule has 0 aliphatic carbocycles. The van der Waals surface area contributed by atoms with E-state index in [2.05, 4.69) is 9.71 Å². The van der Waals surface area contributed by atoms with Crippen LogP contribution in [-0.2, 0) is 21.2 Å². The maximum atomic E-state index is 15.0. The van der Waals surface area contributed by atoms with E-state index in [0.717, 1.165) is 6.07 Å². The van der Waals surface area contributed by atoms with E-state index in [4.69, 9.17) is 37.8 Å². The summed E-state index contributed by atoms with van der Waals surface area (Å²) in [5.74, 6) is -1.57. The fraction of sp³-hybridized carbons (Fsp3) is 0.125. The van der Waals surface area contributed by atoms with Gasteiger partial charge in [-0.2, -0.15) is 0 Å². The second-order valence-electron chi connectivity index (χ2n) is 7.81. The first kappa shape index (κ1) is 25.6. The molecule has 8 nitrogen and oxygen atoms in total. The van der Waals surface area contributed by atoms with Crippen LogP contribution in [-0.4, -0.2) is 31.6 Å². The van der Waals surface area contributed by atoms with Gasteiger partial charge in [0.2, 0.25) is 0 Å². The van der Waals surface area contributed by atoms with E-state index in [1.165, 1.54) is 43.5 Å². The molecule has 36 heavy (non-hydrogen) atoms. The van der Waals surface area contributed by atoms with Crippen LogP contribution in [0.4, 0.5) is 10.1 Å². The number of ether oxygens (including phenoxy) is 2. The Morgan fingerprint density at radius 1 is 1.08 bits per heavy atom. The van der Waals surface area contributed by atoms with Crippen LogP contribution in [0, 0.1) is 12.7 Å². The number of aryl methyl sites for hydroxylation is 1. The van der Waals surface area contributed by atoms with E-state index in [9.17, 15) is 17.6 Å². The van der Waals surface area contributed by atoms with E-state index >= 15 is 0 Å². The number of benzene rings is 3. The Morgan fingerprint density at radius 2 is 1.83 bits per heavy atom. The fourth-order valence-electron chi connectivity index (χ4n) is 3.63. The standard InChI is InChI=1S/C24H19Cl2FN2O6S/c1-12-7-15-23(28-12)17(27)11-20(35-18-5-3-13(9-22(30)31)8-19(18)34-2)24(15)29-36(32,33)21-6-4-14(25)10-16(21)26/h3-8,10-11,28-29H,9H2,1-2H3,(H,30,31). The van der Waals surface area contributed by atoms with E-state index < -0.39 is 21.8 Å². The summed E-state index contributed by atoms with van der Waals surface area (Å²) in [5, 5.41) is 9.42. The predicted octanol–water partition coefficient (Wildman–Crippen LogP) is 6.15. The van der Waals surface area contributed by atoms with Crippen molar-refractivity contribution in [3.05, 3.63) is 75.7 Å². The molecule has 3 N–H and O–H groups in total. The number of carbonyl (C=O) groups is 1. The zero-order chi connectivity index (χ0) is 26.2. The maximum Gasteiger partial charge on any atom is 0.307 e. The predicted molar refractivity (Wildman–Crippen MR) is 135 cm³/mol. The number of halogens is 3. The van der Waals surface area contributed by atoms with E-state index in [1.54, 1.807) is 13.0 Å². The molecule has 0 unspecified atom stereocenters. The molecule has 0 saturated heterocycles. The zero-order valence-corrected chi connectivity index (χ0v) is 21.2. The van der Waals surface area contributed by atoms with E-state index in [1.807, 2.05) is 0 Å².